The summed E-state index contributed by atoms with van der Waals surface area (Å²) >= 11 is 0. The summed E-state index contributed by atoms with van der Waals surface area (Å²) in [5.41, 5.74) is -1.02. The molecule has 0 saturated heterocycles. The first-order valence-corrected chi connectivity index (χ1v) is 6.73. The smallest absolute Gasteiger partial charge is 0.360 e. The number of rotatable bonds is 3. The van der Waals surface area contributed by atoms with Crippen LogP contribution in [0, 0.1) is 0 Å². The van der Waals surface area contributed by atoms with E-state index in [4.69, 9.17) is 4.74 Å². The summed E-state index contributed by atoms with van der Waals surface area (Å²) in [6, 6.07) is -0.589. The molecule has 2 atom stereocenters. The van der Waals surface area contributed by atoms with Gasteiger partial charge < -0.3 is 19.9 Å². The van der Waals surface area contributed by atoms with Gasteiger partial charge in [0.1, 0.15) is 5.82 Å². The normalized spacial score (nSPS) is 21.5. The molecule has 0 fully saturated rings. The van der Waals surface area contributed by atoms with E-state index in [-0.39, 0.29) is 17.8 Å². The minimum absolute atomic E-state index is 0.240. The fraction of sp³-hybridized carbons (Fsp3) is 0.615. The van der Waals surface area contributed by atoms with Crippen LogP contribution >= 0.6 is 0 Å². The highest BCUT2D eigenvalue weighted by Crippen LogP contribution is 2.24. The van der Waals surface area contributed by atoms with Crippen molar-refractivity contribution in [3.8, 4) is 5.75 Å². The molecule has 2 heterocycles. The second kappa shape index (κ2) is 6.23. The van der Waals surface area contributed by atoms with Crippen LogP contribution < -0.4 is 10.9 Å². The van der Waals surface area contributed by atoms with Gasteiger partial charge in [-0.1, -0.05) is 6.92 Å². The first-order chi connectivity index (χ1) is 10.0. The molecule has 21 heavy (non-hydrogen) atoms. The second-order valence-electron chi connectivity index (χ2n) is 4.77. The number of esters is 1. The maximum Gasteiger partial charge on any atom is 0.360 e. The molecule has 1 aliphatic heterocycles. The van der Waals surface area contributed by atoms with Crippen molar-refractivity contribution in [1.29, 1.82) is 0 Å². The molecule has 0 unspecified atom stereocenters. The number of hydrogen-bond acceptors (Lipinski definition) is 7. The van der Waals surface area contributed by atoms with Crippen LogP contribution in [-0.2, 0) is 9.47 Å². The quantitative estimate of drug-likeness (QED) is 0.756. The molecule has 0 radical (unpaired) electrons. The van der Waals surface area contributed by atoms with Crippen LogP contribution in [-0.4, -0.2) is 48.0 Å². The van der Waals surface area contributed by atoms with Crippen LogP contribution in [0.2, 0.25) is 0 Å². The standard InChI is InChI=1S/C13H19N3O5/c1-4-7-5-21-6-8(14-2)11-15-9(13(19)20-3)10(17)12(18)16(7)11/h7-8,14,17H,4-6H2,1-3H3/t7-,8+/m0/s1. The molecule has 0 aliphatic carbocycles. The van der Waals surface area contributed by atoms with E-state index in [9.17, 15) is 14.7 Å². The van der Waals surface area contributed by atoms with Gasteiger partial charge >= 0.3 is 5.97 Å². The third-order valence-electron chi connectivity index (χ3n) is 3.59. The van der Waals surface area contributed by atoms with Crippen molar-refractivity contribution in [3.05, 3.63) is 21.9 Å². The molecular formula is C13H19N3O5. The number of hydrogen-bond donors (Lipinski definition) is 2. The molecule has 0 spiro atoms. The molecule has 2 rings (SSSR count). The Hall–Kier alpha value is -1.93. The van der Waals surface area contributed by atoms with E-state index in [1.165, 1.54) is 11.7 Å². The Balaban J connectivity index is 2.72. The number of carbonyl (C=O) groups is 1. The highest BCUT2D eigenvalue weighted by Gasteiger charge is 2.30. The van der Waals surface area contributed by atoms with Crippen LogP contribution in [0.25, 0.3) is 0 Å². The molecule has 2 N–H and O–H groups in total. The fourth-order valence-electron chi connectivity index (χ4n) is 2.36. The van der Waals surface area contributed by atoms with Crippen molar-refractivity contribution in [1.82, 2.24) is 14.9 Å². The van der Waals surface area contributed by atoms with Crippen LogP contribution in [0.5, 0.6) is 5.75 Å². The number of carbonyl (C=O) groups excluding carboxylic acids is 1. The number of nitrogens with zero attached hydrogens (tertiary/aromatic N) is 2. The molecule has 0 aromatic carbocycles. The predicted octanol–water partition coefficient (Wildman–Crippen LogP) is -0.0227. The Morgan fingerprint density at radius 1 is 1.57 bits per heavy atom. The molecule has 8 nitrogen and oxygen atoms in total. The third-order valence-corrected chi connectivity index (χ3v) is 3.59. The van der Waals surface area contributed by atoms with Gasteiger partial charge in [-0.05, 0) is 13.5 Å². The van der Waals surface area contributed by atoms with Gasteiger partial charge in [0.05, 0.1) is 32.4 Å². The van der Waals surface area contributed by atoms with Crippen molar-refractivity contribution in [2.75, 3.05) is 27.4 Å². The summed E-state index contributed by atoms with van der Waals surface area (Å²) in [4.78, 5) is 28.2. The molecule has 1 aliphatic rings. The van der Waals surface area contributed by atoms with Crippen LogP contribution in [0.3, 0.4) is 0 Å². The predicted molar refractivity (Wildman–Crippen MR) is 73.4 cm³/mol. The Bertz CT molecular complexity index is 598. The lowest BCUT2D eigenvalue weighted by atomic mass is 10.2. The van der Waals surface area contributed by atoms with E-state index in [1.54, 1.807) is 7.05 Å². The molecule has 1 aromatic rings. The fourth-order valence-corrected chi connectivity index (χ4v) is 2.36. The lowest BCUT2D eigenvalue weighted by Gasteiger charge is -2.21. The first kappa shape index (κ1) is 15.5. The summed E-state index contributed by atoms with van der Waals surface area (Å²) in [5.74, 6) is -1.17. The van der Waals surface area contributed by atoms with Crippen molar-refractivity contribution in [2.45, 2.75) is 25.4 Å². The van der Waals surface area contributed by atoms with Crippen LogP contribution in [0.1, 0.15) is 41.7 Å². The van der Waals surface area contributed by atoms with E-state index in [0.29, 0.717) is 25.5 Å². The molecule has 8 heteroatoms. The largest absolute Gasteiger partial charge is 0.501 e. The van der Waals surface area contributed by atoms with Crippen molar-refractivity contribution < 1.29 is 19.4 Å². The molecule has 116 valence electrons. The summed E-state index contributed by atoms with van der Waals surface area (Å²) < 4.78 is 11.5. The lowest BCUT2D eigenvalue weighted by molar-refractivity contribution is 0.0588. The highest BCUT2D eigenvalue weighted by atomic mass is 16.5. The van der Waals surface area contributed by atoms with Gasteiger partial charge in [0.25, 0.3) is 5.56 Å². The van der Waals surface area contributed by atoms with Gasteiger partial charge in [-0.25, -0.2) is 9.78 Å². The average molecular weight is 297 g/mol. The Labute approximate surface area is 121 Å². The van der Waals surface area contributed by atoms with E-state index < -0.39 is 17.3 Å². The third kappa shape index (κ3) is 2.64. The summed E-state index contributed by atoms with van der Waals surface area (Å²) in [6.45, 7) is 2.58. The molecule has 0 bridgehead atoms. The number of ether oxygens (including phenoxy) is 2. The molecule has 1 aromatic heterocycles. The van der Waals surface area contributed by atoms with Gasteiger partial charge in [-0.15, -0.1) is 0 Å². The van der Waals surface area contributed by atoms with Gasteiger partial charge in [0.15, 0.2) is 5.69 Å². The van der Waals surface area contributed by atoms with Crippen LogP contribution in [0.15, 0.2) is 4.79 Å². The van der Waals surface area contributed by atoms with Crippen molar-refractivity contribution >= 4 is 5.97 Å². The Kier molecular flexibility index (Phi) is 4.59. The maximum absolute atomic E-state index is 12.4. The number of likely N-dealkylation sites (N-methyl/N-ethyl adjacent to an activating group) is 1. The number of methoxy groups -OCH3 is 1. The Morgan fingerprint density at radius 3 is 2.86 bits per heavy atom. The van der Waals surface area contributed by atoms with Gasteiger partial charge in [0.2, 0.25) is 5.75 Å². The first-order valence-electron chi connectivity index (χ1n) is 6.73. The lowest BCUT2D eigenvalue weighted by Crippen LogP contribution is -2.34. The number of fused-ring (bicyclic) bond motifs is 1. The summed E-state index contributed by atoms with van der Waals surface area (Å²) in [7, 11) is 2.88. The molecule has 0 amide bonds. The minimum atomic E-state index is -0.846. The zero-order chi connectivity index (χ0) is 15.6. The summed E-state index contributed by atoms with van der Waals surface area (Å²) in [6.07, 6.45) is 0.641. The van der Waals surface area contributed by atoms with E-state index in [2.05, 4.69) is 15.0 Å². The van der Waals surface area contributed by atoms with Crippen molar-refractivity contribution in [2.24, 2.45) is 0 Å². The minimum Gasteiger partial charge on any atom is -0.501 e. The Morgan fingerprint density at radius 2 is 2.29 bits per heavy atom. The zero-order valence-electron chi connectivity index (χ0n) is 12.3. The van der Waals surface area contributed by atoms with E-state index in [0.717, 1.165) is 0 Å². The average Bonchev–Trinajstić information content (AvgIpc) is 2.68. The summed E-state index contributed by atoms with van der Waals surface area (Å²) in [5, 5.41) is 13.0. The van der Waals surface area contributed by atoms with Gasteiger partial charge in [-0.2, -0.15) is 0 Å². The number of nitrogens with one attached hydrogen (secondary N) is 1. The van der Waals surface area contributed by atoms with Crippen molar-refractivity contribution in [3.63, 3.8) is 0 Å². The van der Waals surface area contributed by atoms with Gasteiger partial charge in [0, 0.05) is 0 Å². The zero-order valence-corrected chi connectivity index (χ0v) is 12.3. The van der Waals surface area contributed by atoms with E-state index >= 15 is 0 Å². The van der Waals surface area contributed by atoms with Gasteiger partial charge in [-0.3, -0.25) is 9.36 Å². The number of aromatic nitrogens is 2. The second-order valence-corrected chi connectivity index (χ2v) is 4.77. The van der Waals surface area contributed by atoms with E-state index in [1.807, 2.05) is 6.92 Å². The maximum atomic E-state index is 12.4. The monoisotopic (exact) mass is 297 g/mol. The topological polar surface area (TPSA) is 103 Å². The number of aromatic hydroxyl groups is 1. The SMILES string of the molecule is CC[C@H]1COC[C@@H](NC)c2nc(C(=O)OC)c(O)c(=O)n21. The highest BCUT2D eigenvalue weighted by molar-refractivity contribution is 5.89. The van der Waals surface area contributed by atoms with Crippen LogP contribution in [0.4, 0.5) is 0 Å². The molecule has 0 saturated carbocycles. The molecular weight excluding hydrogens is 278 g/mol.